The maximum absolute atomic E-state index is 13.7. The van der Waals surface area contributed by atoms with E-state index in [9.17, 15) is 13.2 Å². The van der Waals surface area contributed by atoms with E-state index in [-0.39, 0.29) is 16.8 Å². The van der Waals surface area contributed by atoms with Gasteiger partial charge >= 0.3 is 0 Å². The van der Waals surface area contributed by atoms with Crippen LogP contribution in [0.4, 0.5) is 5.69 Å². The SMILES string of the molecule is COc1ccc(S(=O)(=O)N2CCc3ccccc32)cc1C(=O)N1CCCC2CCCCC21. The first-order valence-electron chi connectivity index (χ1n) is 11.6. The lowest BCUT2D eigenvalue weighted by Gasteiger charge is -2.44. The summed E-state index contributed by atoms with van der Waals surface area (Å²) in [7, 11) is -2.26. The maximum atomic E-state index is 13.7. The molecule has 6 nitrogen and oxygen atoms in total. The highest BCUT2D eigenvalue weighted by Crippen LogP contribution is 2.38. The Balaban J connectivity index is 1.50. The van der Waals surface area contributed by atoms with Crippen LogP contribution in [0.5, 0.6) is 5.75 Å². The van der Waals surface area contributed by atoms with E-state index in [0.29, 0.717) is 30.2 Å². The highest BCUT2D eigenvalue weighted by Gasteiger charge is 2.38. The van der Waals surface area contributed by atoms with Crippen LogP contribution in [-0.4, -0.2) is 45.5 Å². The second-order valence-corrected chi connectivity index (χ2v) is 10.9. The van der Waals surface area contributed by atoms with Crippen LogP contribution in [-0.2, 0) is 16.4 Å². The van der Waals surface area contributed by atoms with Gasteiger partial charge in [0.1, 0.15) is 5.75 Å². The van der Waals surface area contributed by atoms with Crippen molar-refractivity contribution < 1.29 is 17.9 Å². The van der Waals surface area contributed by atoms with Crippen LogP contribution in [0.2, 0.25) is 0 Å². The van der Waals surface area contributed by atoms with Crippen LogP contribution >= 0.6 is 0 Å². The monoisotopic (exact) mass is 454 g/mol. The third kappa shape index (κ3) is 3.56. The molecule has 1 saturated carbocycles. The molecule has 0 aromatic heterocycles. The molecule has 0 bridgehead atoms. The predicted molar refractivity (Wildman–Crippen MR) is 124 cm³/mol. The minimum atomic E-state index is -3.78. The highest BCUT2D eigenvalue weighted by molar-refractivity contribution is 7.92. The number of hydrogen-bond donors (Lipinski definition) is 0. The summed E-state index contributed by atoms with van der Waals surface area (Å²) in [6.45, 7) is 1.13. The van der Waals surface area contributed by atoms with Crippen molar-refractivity contribution >= 4 is 21.6 Å². The van der Waals surface area contributed by atoms with Crippen molar-refractivity contribution in [3.63, 3.8) is 0 Å². The van der Waals surface area contributed by atoms with Gasteiger partial charge in [-0.3, -0.25) is 9.10 Å². The molecule has 1 amide bonds. The summed E-state index contributed by atoms with van der Waals surface area (Å²) in [6.07, 6.45) is 7.44. The minimum absolute atomic E-state index is 0.114. The molecule has 2 heterocycles. The number of carbonyl (C=O) groups is 1. The number of methoxy groups -OCH3 is 1. The smallest absolute Gasteiger partial charge is 0.264 e. The predicted octanol–water partition coefficient (Wildman–Crippen LogP) is 4.24. The largest absolute Gasteiger partial charge is 0.496 e. The summed E-state index contributed by atoms with van der Waals surface area (Å²) in [5, 5.41) is 0. The van der Waals surface area contributed by atoms with Gasteiger partial charge in [0.25, 0.3) is 15.9 Å². The molecule has 2 fully saturated rings. The van der Waals surface area contributed by atoms with E-state index in [1.54, 1.807) is 12.1 Å². The highest BCUT2D eigenvalue weighted by atomic mass is 32.2. The Labute approximate surface area is 190 Å². The lowest BCUT2D eigenvalue weighted by molar-refractivity contribution is 0.0387. The standard InChI is InChI=1S/C25H30N2O4S/c1-31-24-13-12-20(32(29,30)27-16-14-19-8-3-5-11-23(19)27)17-21(24)25(28)26-15-6-9-18-7-2-4-10-22(18)26/h3,5,8,11-13,17-18,22H,2,4,6-7,9-10,14-16H2,1H3. The molecule has 5 rings (SSSR count). The van der Waals surface area contributed by atoms with E-state index < -0.39 is 10.0 Å². The second-order valence-electron chi connectivity index (χ2n) is 9.07. The van der Waals surface area contributed by atoms with Gasteiger partial charge in [0.15, 0.2) is 0 Å². The van der Waals surface area contributed by atoms with E-state index in [0.717, 1.165) is 37.1 Å². The third-order valence-corrected chi connectivity index (χ3v) is 9.15. The number of benzene rings is 2. The van der Waals surface area contributed by atoms with Crippen LogP contribution in [0.15, 0.2) is 47.4 Å². The summed E-state index contributed by atoms with van der Waals surface area (Å²) >= 11 is 0. The Hall–Kier alpha value is -2.54. The number of rotatable bonds is 4. The fraction of sp³-hybridized carbons (Fsp3) is 0.480. The van der Waals surface area contributed by atoms with Crippen LogP contribution in [0, 0.1) is 5.92 Å². The van der Waals surface area contributed by atoms with E-state index in [2.05, 4.69) is 0 Å². The molecule has 32 heavy (non-hydrogen) atoms. The number of hydrogen-bond acceptors (Lipinski definition) is 4. The van der Waals surface area contributed by atoms with E-state index in [1.807, 2.05) is 29.2 Å². The van der Waals surface area contributed by atoms with Gasteiger partial charge in [0.2, 0.25) is 0 Å². The number of piperidine rings is 1. The summed E-state index contributed by atoms with van der Waals surface area (Å²) in [5.41, 5.74) is 2.09. The number of carbonyl (C=O) groups excluding carboxylic acids is 1. The van der Waals surface area contributed by atoms with Crippen molar-refractivity contribution in [3.8, 4) is 5.75 Å². The second kappa shape index (κ2) is 8.43. The van der Waals surface area contributed by atoms with Crippen molar-refractivity contribution in [2.75, 3.05) is 24.5 Å². The lowest BCUT2D eigenvalue weighted by Crippen LogP contribution is -2.49. The van der Waals surface area contributed by atoms with Crippen molar-refractivity contribution in [3.05, 3.63) is 53.6 Å². The van der Waals surface area contributed by atoms with Gasteiger partial charge in [0, 0.05) is 19.1 Å². The molecule has 2 atom stereocenters. The fourth-order valence-electron chi connectivity index (χ4n) is 5.73. The van der Waals surface area contributed by atoms with Gasteiger partial charge in [-0.05, 0) is 67.9 Å². The van der Waals surface area contributed by atoms with Crippen molar-refractivity contribution in [2.45, 2.75) is 55.9 Å². The molecule has 1 aliphatic carbocycles. The van der Waals surface area contributed by atoms with Crippen molar-refractivity contribution in [2.24, 2.45) is 5.92 Å². The van der Waals surface area contributed by atoms with Gasteiger partial charge in [-0.15, -0.1) is 0 Å². The number of fused-ring (bicyclic) bond motifs is 2. The quantitative estimate of drug-likeness (QED) is 0.693. The zero-order valence-corrected chi connectivity index (χ0v) is 19.3. The van der Waals surface area contributed by atoms with Crippen LogP contribution in [0.25, 0.3) is 0 Å². The number of ether oxygens (including phenoxy) is 1. The summed E-state index contributed by atoms with van der Waals surface area (Å²) in [4.78, 5) is 15.8. The molecule has 1 saturated heterocycles. The number of para-hydroxylation sites is 1. The fourth-order valence-corrected chi connectivity index (χ4v) is 7.26. The minimum Gasteiger partial charge on any atom is -0.496 e. The molecule has 0 spiro atoms. The molecular formula is C25H30N2O4S. The Bertz CT molecular complexity index is 1130. The Morgan fingerprint density at radius 2 is 1.78 bits per heavy atom. The summed E-state index contributed by atoms with van der Waals surface area (Å²) < 4.78 is 34.0. The van der Waals surface area contributed by atoms with E-state index in [1.165, 1.54) is 36.7 Å². The first kappa shape index (κ1) is 21.3. The molecule has 2 aliphatic heterocycles. The molecule has 2 aromatic rings. The first-order valence-corrected chi connectivity index (χ1v) is 13.0. The molecule has 3 aliphatic rings. The van der Waals surface area contributed by atoms with Gasteiger partial charge in [0.05, 0.1) is 23.3 Å². The van der Waals surface area contributed by atoms with Crippen LogP contribution in [0.1, 0.15) is 54.4 Å². The lowest BCUT2D eigenvalue weighted by atomic mass is 9.78. The summed E-state index contributed by atoms with van der Waals surface area (Å²) in [6, 6.07) is 12.5. The zero-order valence-electron chi connectivity index (χ0n) is 18.5. The van der Waals surface area contributed by atoms with Crippen molar-refractivity contribution in [1.29, 1.82) is 0 Å². The zero-order chi connectivity index (χ0) is 22.3. The molecular weight excluding hydrogens is 424 g/mol. The number of nitrogens with zero attached hydrogens (tertiary/aromatic N) is 2. The van der Waals surface area contributed by atoms with Crippen LogP contribution in [0.3, 0.4) is 0 Å². The molecule has 0 radical (unpaired) electrons. The Morgan fingerprint density at radius 1 is 1.00 bits per heavy atom. The number of amides is 1. The van der Waals surface area contributed by atoms with Gasteiger partial charge in [-0.2, -0.15) is 0 Å². The Kier molecular flexibility index (Phi) is 5.61. The topological polar surface area (TPSA) is 66.9 Å². The average molecular weight is 455 g/mol. The average Bonchev–Trinajstić information content (AvgIpc) is 3.28. The van der Waals surface area contributed by atoms with Gasteiger partial charge in [-0.25, -0.2) is 8.42 Å². The van der Waals surface area contributed by atoms with Gasteiger partial charge in [-0.1, -0.05) is 31.0 Å². The molecule has 2 aromatic carbocycles. The van der Waals surface area contributed by atoms with E-state index in [4.69, 9.17) is 4.74 Å². The number of sulfonamides is 1. The van der Waals surface area contributed by atoms with Crippen LogP contribution < -0.4 is 9.04 Å². The maximum Gasteiger partial charge on any atom is 0.264 e. The van der Waals surface area contributed by atoms with Gasteiger partial charge < -0.3 is 9.64 Å². The summed E-state index contributed by atoms with van der Waals surface area (Å²) in [5.74, 6) is 0.867. The number of likely N-dealkylation sites (tertiary alicyclic amines) is 1. The first-order chi connectivity index (χ1) is 15.5. The Morgan fingerprint density at radius 3 is 2.62 bits per heavy atom. The molecule has 7 heteroatoms. The third-order valence-electron chi connectivity index (χ3n) is 7.34. The molecule has 0 N–H and O–H groups in total. The molecule has 170 valence electrons. The molecule has 2 unspecified atom stereocenters. The van der Waals surface area contributed by atoms with E-state index >= 15 is 0 Å². The van der Waals surface area contributed by atoms with Crippen molar-refractivity contribution in [1.82, 2.24) is 4.90 Å². The number of anilines is 1. The normalized spacial score (nSPS) is 22.9.